The minimum atomic E-state index is -0.961. The van der Waals surface area contributed by atoms with E-state index < -0.39 is 30.1 Å². The number of amides is 3. The lowest BCUT2D eigenvalue weighted by Crippen LogP contribution is -2.53. The highest BCUT2D eigenvalue weighted by atomic mass is 16.6. The molecule has 3 N–H and O–H groups in total. The summed E-state index contributed by atoms with van der Waals surface area (Å²) in [5, 5.41) is 8.13. The van der Waals surface area contributed by atoms with Gasteiger partial charge in [-0.15, -0.1) is 0 Å². The number of alkyl carbamates (subject to hydrolysis) is 1. The monoisotopic (exact) mass is 481 g/mol. The fourth-order valence-electron chi connectivity index (χ4n) is 4.84. The van der Waals surface area contributed by atoms with Crippen molar-refractivity contribution in [2.45, 2.75) is 103 Å². The third-order valence-electron chi connectivity index (χ3n) is 6.83. The van der Waals surface area contributed by atoms with Crippen LogP contribution in [0.4, 0.5) is 4.79 Å². The van der Waals surface area contributed by atoms with Crippen molar-refractivity contribution in [2.24, 2.45) is 17.8 Å². The molecule has 1 aliphatic heterocycles. The zero-order valence-corrected chi connectivity index (χ0v) is 21.2. The lowest BCUT2D eigenvalue weighted by Gasteiger charge is -2.29. The molecule has 34 heavy (non-hydrogen) atoms. The third-order valence-corrected chi connectivity index (χ3v) is 6.83. The van der Waals surface area contributed by atoms with E-state index in [0.717, 1.165) is 25.7 Å². The minimum Gasteiger partial charge on any atom is -0.467 e. The molecule has 3 amide bonds. The molecule has 1 saturated carbocycles. The van der Waals surface area contributed by atoms with Gasteiger partial charge in [0.1, 0.15) is 18.2 Å². The first-order valence-corrected chi connectivity index (χ1v) is 12.9. The van der Waals surface area contributed by atoms with E-state index in [-0.39, 0.29) is 30.3 Å². The van der Waals surface area contributed by atoms with Gasteiger partial charge in [-0.3, -0.25) is 9.59 Å². The molecule has 9 heteroatoms. The number of methoxy groups -OCH3 is 1. The molecule has 1 aliphatic carbocycles. The standard InChI is InChI=1S/C25H43N3O6/c1-5-6-7-17-8-10-19(11-9-17)34-25(32)28-20(14-16(2)3)23(30)27-21(24(31)33-4)15-18-12-13-26-22(18)29/h16-21H,5-15H2,1-4H3,(H,26,29)(H,27,30)(H,28,32)/t17?,18-,19?,20-,21-/m0/s1. The maximum Gasteiger partial charge on any atom is 0.408 e. The fraction of sp³-hybridized carbons (Fsp3) is 0.840. The van der Waals surface area contributed by atoms with Crippen molar-refractivity contribution in [1.82, 2.24) is 16.0 Å². The van der Waals surface area contributed by atoms with E-state index >= 15 is 0 Å². The van der Waals surface area contributed by atoms with E-state index in [1.54, 1.807) is 0 Å². The van der Waals surface area contributed by atoms with Crippen LogP contribution in [0.15, 0.2) is 0 Å². The van der Waals surface area contributed by atoms with E-state index in [1.165, 1.54) is 26.4 Å². The van der Waals surface area contributed by atoms with Crippen LogP contribution >= 0.6 is 0 Å². The summed E-state index contributed by atoms with van der Waals surface area (Å²) in [6, 6.07) is -1.81. The number of carbonyl (C=O) groups is 4. The Hall–Kier alpha value is -2.32. The van der Waals surface area contributed by atoms with E-state index in [9.17, 15) is 19.2 Å². The first kappa shape index (κ1) is 27.9. The number of hydrogen-bond donors (Lipinski definition) is 3. The average Bonchev–Trinajstić information content (AvgIpc) is 3.21. The molecule has 2 fully saturated rings. The number of esters is 1. The third kappa shape index (κ3) is 9.14. The first-order chi connectivity index (χ1) is 16.2. The second-order valence-corrected chi connectivity index (χ2v) is 10.1. The molecule has 9 nitrogen and oxygen atoms in total. The Bertz CT molecular complexity index is 690. The normalized spacial score (nSPS) is 24.1. The quantitative estimate of drug-likeness (QED) is 0.368. The number of hydrogen-bond acceptors (Lipinski definition) is 6. The number of carbonyl (C=O) groups excluding carboxylic acids is 4. The first-order valence-electron chi connectivity index (χ1n) is 12.9. The van der Waals surface area contributed by atoms with Gasteiger partial charge in [-0.2, -0.15) is 0 Å². The van der Waals surface area contributed by atoms with Gasteiger partial charge in [0.2, 0.25) is 11.8 Å². The zero-order chi connectivity index (χ0) is 25.1. The van der Waals surface area contributed by atoms with Gasteiger partial charge in [0.15, 0.2) is 0 Å². The van der Waals surface area contributed by atoms with Crippen molar-refractivity contribution in [1.29, 1.82) is 0 Å². The molecule has 2 rings (SSSR count). The molecule has 3 atom stereocenters. The highest BCUT2D eigenvalue weighted by Gasteiger charge is 2.34. The predicted molar refractivity (Wildman–Crippen MR) is 128 cm³/mol. The molecule has 0 bridgehead atoms. The number of rotatable bonds is 12. The van der Waals surface area contributed by atoms with Gasteiger partial charge in [0, 0.05) is 12.5 Å². The zero-order valence-electron chi connectivity index (χ0n) is 21.2. The molecule has 194 valence electrons. The molecule has 0 aromatic carbocycles. The second-order valence-electron chi connectivity index (χ2n) is 10.1. The Labute approximate surface area is 203 Å². The van der Waals surface area contributed by atoms with Crippen molar-refractivity contribution < 1.29 is 28.7 Å². The summed E-state index contributed by atoms with van der Waals surface area (Å²) in [5.74, 6) is -0.755. The molecule has 0 spiro atoms. The highest BCUT2D eigenvalue weighted by molar-refractivity contribution is 5.90. The van der Waals surface area contributed by atoms with Crippen LogP contribution in [0.25, 0.3) is 0 Å². The topological polar surface area (TPSA) is 123 Å². The predicted octanol–water partition coefficient (Wildman–Crippen LogP) is 3.06. The van der Waals surface area contributed by atoms with Gasteiger partial charge in [-0.25, -0.2) is 9.59 Å². The molecule has 0 aromatic heterocycles. The molecule has 0 unspecified atom stereocenters. The summed E-state index contributed by atoms with van der Waals surface area (Å²) in [7, 11) is 1.24. The van der Waals surface area contributed by atoms with Crippen LogP contribution in [0.2, 0.25) is 0 Å². The number of ether oxygens (including phenoxy) is 2. The van der Waals surface area contributed by atoms with E-state index in [4.69, 9.17) is 9.47 Å². The maximum atomic E-state index is 13.0. The van der Waals surface area contributed by atoms with Gasteiger partial charge in [-0.1, -0.05) is 40.0 Å². The Morgan fingerprint density at radius 3 is 2.32 bits per heavy atom. The van der Waals surface area contributed by atoms with Crippen LogP contribution in [0.3, 0.4) is 0 Å². The Kier molecular flexibility index (Phi) is 11.6. The van der Waals surface area contributed by atoms with Gasteiger partial charge in [0.25, 0.3) is 0 Å². The van der Waals surface area contributed by atoms with E-state index in [1.807, 2.05) is 13.8 Å². The highest BCUT2D eigenvalue weighted by Crippen LogP contribution is 2.29. The molecule has 1 saturated heterocycles. The number of nitrogens with one attached hydrogen (secondary N) is 3. The summed E-state index contributed by atoms with van der Waals surface area (Å²) >= 11 is 0. The Morgan fingerprint density at radius 1 is 1.06 bits per heavy atom. The average molecular weight is 482 g/mol. The van der Waals surface area contributed by atoms with Crippen LogP contribution in [0, 0.1) is 17.8 Å². The van der Waals surface area contributed by atoms with Crippen LogP contribution in [0.1, 0.15) is 85.0 Å². The fourth-order valence-corrected chi connectivity index (χ4v) is 4.84. The maximum absolute atomic E-state index is 13.0. The summed E-state index contributed by atoms with van der Waals surface area (Å²) < 4.78 is 10.5. The van der Waals surface area contributed by atoms with Crippen molar-refractivity contribution in [3.05, 3.63) is 0 Å². The lowest BCUT2D eigenvalue weighted by atomic mass is 9.84. The second kappa shape index (κ2) is 14.2. The minimum absolute atomic E-state index is 0.127. The van der Waals surface area contributed by atoms with Crippen molar-refractivity contribution in [3.63, 3.8) is 0 Å². The Balaban J connectivity index is 1.92. The number of unbranched alkanes of at least 4 members (excludes halogenated alkanes) is 1. The van der Waals surface area contributed by atoms with Crippen molar-refractivity contribution >= 4 is 23.9 Å². The van der Waals surface area contributed by atoms with E-state index in [2.05, 4.69) is 22.9 Å². The van der Waals surface area contributed by atoms with Crippen LogP contribution in [0.5, 0.6) is 0 Å². The van der Waals surface area contributed by atoms with Crippen LogP contribution in [-0.2, 0) is 23.9 Å². The lowest BCUT2D eigenvalue weighted by molar-refractivity contribution is -0.146. The molecular formula is C25H43N3O6. The Morgan fingerprint density at radius 2 is 1.76 bits per heavy atom. The van der Waals surface area contributed by atoms with Crippen LogP contribution < -0.4 is 16.0 Å². The molecule has 2 aliphatic rings. The van der Waals surface area contributed by atoms with Crippen molar-refractivity contribution in [3.8, 4) is 0 Å². The summed E-state index contributed by atoms with van der Waals surface area (Å²) in [6.07, 6.45) is 7.88. The SMILES string of the molecule is CCCCC1CCC(OC(=O)N[C@@H](CC(C)C)C(=O)N[C@@H](C[C@@H]2CCNC2=O)C(=O)OC)CC1. The molecule has 1 heterocycles. The van der Waals surface area contributed by atoms with Gasteiger partial charge in [-0.05, 0) is 56.8 Å². The molecular weight excluding hydrogens is 438 g/mol. The summed E-state index contributed by atoms with van der Waals surface area (Å²) in [4.78, 5) is 49.9. The van der Waals surface area contributed by atoms with Gasteiger partial charge >= 0.3 is 12.1 Å². The van der Waals surface area contributed by atoms with Crippen LogP contribution in [-0.4, -0.2) is 55.7 Å². The summed E-state index contributed by atoms with van der Waals surface area (Å²) in [5.41, 5.74) is 0. The van der Waals surface area contributed by atoms with Gasteiger partial charge in [0.05, 0.1) is 7.11 Å². The van der Waals surface area contributed by atoms with Crippen molar-refractivity contribution in [2.75, 3.05) is 13.7 Å². The molecule has 0 aromatic rings. The smallest absolute Gasteiger partial charge is 0.408 e. The van der Waals surface area contributed by atoms with E-state index in [0.29, 0.717) is 25.3 Å². The largest absolute Gasteiger partial charge is 0.467 e. The van der Waals surface area contributed by atoms with Gasteiger partial charge < -0.3 is 25.4 Å². The molecule has 0 radical (unpaired) electrons. The summed E-state index contributed by atoms with van der Waals surface area (Å²) in [6.45, 7) is 6.65.